The molecule has 0 saturated carbocycles. The number of rotatable bonds is 5. The molecule has 0 saturated heterocycles. The molecule has 1 aliphatic heterocycles. The van der Waals surface area contributed by atoms with Crippen LogP contribution in [0.2, 0.25) is 0 Å². The SMILES string of the molecule is CNC(=O)/C(C)=C/C1=C(C)c2ccccc2N(C(=O)c2cccc(-c3ccc(OC)nc3)n2)CC1. The number of para-hydroxylation sites is 1. The fourth-order valence-corrected chi connectivity index (χ4v) is 4.16. The van der Waals surface area contributed by atoms with E-state index in [9.17, 15) is 9.59 Å². The summed E-state index contributed by atoms with van der Waals surface area (Å²) in [6, 6.07) is 16.9. The van der Waals surface area contributed by atoms with Crippen molar-refractivity contribution in [3.63, 3.8) is 0 Å². The lowest BCUT2D eigenvalue weighted by atomic mass is 9.98. The van der Waals surface area contributed by atoms with Gasteiger partial charge in [0.25, 0.3) is 5.91 Å². The number of allylic oxidation sites excluding steroid dienone is 2. The Balaban J connectivity index is 1.68. The van der Waals surface area contributed by atoms with Crippen molar-refractivity contribution in [3.05, 3.63) is 89.3 Å². The highest BCUT2D eigenvalue weighted by molar-refractivity contribution is 6.07. The Hall–Kier alpha value is -4.26. The van der Waals surface area contributed by atoms with Gasteiger partial charge in [-0.05, 0) is 55.7 Å². The van der Waals surface area contributed by atoms with Gasteiger partial charge in [0.2, 0.25) is 11.8 Å². The topological polar surface area (TPSA) is 84.4 Å². The van der Waals surface area contributed by atoms with Gasteiger partial charge in [-0.25, -0.2) is 9.97 Å². The molecule has 7 nitrogen and oxygen atoms in total. The van der Waals surface area contributed by atoms with Gasteiger partial charge in [0.15, 0.2) is 0 Å². The van der Waals surface area contributed by atoms with Crippen molar-refractivity contribution >= 4 is 23.1 Å². The minimum Gasteiger partial charge on any atom is -0.481 e. The Morgan fingerprint density at radius 3 is 2.60 bits per heavy atom. The number of nitrogens with zero attached hydrogens (tertiary/aromatic N) is 3. The maximum Gasteiger partial charge on any atom is 0.276 e. The number of benzene rings is 1. The van der Waals surface area contributed by atoms with Gasteiger partial charge in [-0.3, -0.25) is 9.59 Å². The summed E-state index contributed by atoms with van der Waals surface area (Å²) in [5.41, 5.74) is 6.30. The van der Waals surface area contributed by atoms with Crippen LogP contribution >= 0.6 is 0 Å². The lowest BCUT2D eigenvalue weighted by molar-refractivity contribution is -0.117. The number of amides is 2. The first-order chi connectivity index (χ1) is 16.9. The van der Waals surface area contributed by atoms with Crippen LogP contribution in [0.3, 0.4) is 0 Å². The van der Waals surface area contributed by atoms with Crippen molar-refractivity contribution in [2.24, 2.45) is 0 Å². The number of ether oxygens (including phenoxy) is 1. The van der Waals surface area contributed by atoms with E-state index in [4.69, 9.17) is 4.74 Å². The number of carbonyl (C=O) groups is 2. The molecular formula is C28H28N4O3. The standard InChI is InChI=1S/C28H28N4O3/c1-18(27(33)29-3)16-20-14-15-32(25-11-6-5-8-22(25)19(20)2)28(34)24-10-7-9-23(31-24)21-12-13-26(35-4)30-17-21/h5-13,16-17H,14-15H2,1-4H3,(H,29,33)/b18-16+. The van der Waals surface area contributed by atoms with Crippen LogP contribution in [-0.4, -0.2) is 42.5 Å². The highest BCUT2D eigenvalue weighted by Crippen LogP contribution is 2.35. The highest BCUT2D eigenvalue weighted by atomic mass is 16.5. The molecule has 3 aromatic rings. The number of methoxy groups -OCH3 is 1. The van der Waals surface area contributed by atoms with Crippen molar-refractivity contribution in [2.75, 3.05) is 25.6 Å². The average Bonchev–Trinajstić information content (AvgIpc) is 3.04. The van der Waals surface area contributed by atoms with Gasteiger partial charge >= 0.3 is 0 Å². The molecule has 1 N–H and O–H groups in total. The van der Waals surface area contributed by atoms with Crippen molar-refractivity contribution in [3.8, 4) is 17.1 Å². The molecule has 0 bridgehead atoms. The molecule has 0 radical (unpaired) electrons. The van der Waals surface area contributed by atoms with Gasteiger partial charge in [0.05, 0.1) is 18.5 Å². The van der Waals surface area contributed by atoms with Crippen LogP contribution in [-0.2, 0) is 4.79 Å². The Morgan fingerprint density at radius 1 is 1.09 bits per heavy atom. The smallest absolute Gasteiger partial charge is 0.276 e. The molecule has 178 valence electrons. The number of aromatic nitrogens is 2. The van der Waals surface area contributed by atoms with Gasteiger partial charge in [-0.2, -0.15) is 0 Å². The van der Waals surface area contributed by atoms with Gasteiger partial charge in [-0.15, -0.1) is 0 Å². The van der Waals surface area contributed by atoms with Gasteiger partial charge in [-0.1, -0.05) is 30.3 Å². The molecule has 0 spiro atoms. The van der Waals surface area contributed by atoms with Gasteiger partial charge in [0.1, 0.15) is 5.69 Å². The largest absolute Gasteiger partial charge is 0.481 e. The summed E-state index contributed by atoms with van der Waals surface area (Å²) in [6.45, 7) is 4.30. The minimum absolute atomic E-state index is 0.121. The monoisotopic (exact) mass is 468 g/mol. The maximum atomic E-state index is 13.7. The van der Waals surface area contributed by atoms with Crippen molar-refractivity contribution in [1.29, 1.82) is 0 Å². The second-order valence-corrected chi connectivity index (χ2v) is 8.28. The number of pyridine rings is 2. The molecule has 0 fully saturated rings. The lowest BCUT2D eigenvalue weighted by Crippen LogP contribution is -2.32. The van der Waals surface area contributed by atoms with Crippen molar-refractivity contribution < 1.29 is 14.3 Å². The number of hydrogen-bond acceptors (Lipinski definition) is 5. The first-order valence-corrected chi connectivity index (χ1v) is 11.4. The molecule has 1 aromatic carbocycles. The summed E-state index contributed by atoms with van der Waals surface area (Å²) >= 11 is 0. The van der Waals surface area contributed by atoms with Crippen molar-refractivity contribution in [2.45, 2.75) is 20.3 Å². The molecule has 4 rings (SSSR count). The third-order valence-electron chi connectivity index (χ3n) is 6.12. The fraction of sp³-hybridized carbons (Fsp3) is 0.214. The van der Waals surface area contributed by atoms with E-state index in [2.05, 4.69) is 15.3 Å². The van der Waals surface area contributed by atoms with Crippen LogP contribution in [0.15, 0.2) is 78.0 Å². The summed E-state index contributed by atoms with van der Waals surface area (Å²) < 4.78 is 5.13. The van der Waals surface area contributed by atoms with Crippen LogP contribution in [0.5, 0.6) is 5.88 Å². The van der Waals surface area contributed by atoms with E-state index in [0.717, 1.165) is 28.0 Å². The maximum absolute atomic E-state index is 13.7. The molecule has 0 unspecified atom stereocenters. The van der Waals surface area contributed by atoms with Crippen LogP contribution in [0.25, 0.3) is 16.8 Å². The zero-order valence-corrected chi connectivity index (χ0v) is 20.3. The van der Waals surface area contributed by atoms with E-state index in [1.807, 2.05) is 55.5 Å². The van der Waals surface area contributed by atoms with E-state index >= 15 is 0 Å². The van der Waals surface area contributed by atoms with E-state index in [0.29, 0.717) is 35.8 Å². The van der Waals surface area contributed by atoms with Crippen LogP contribution in [0, 0.1) is 0 Å². The van der Waals surface area contributed by atoms with E-state index in [-0.39, 0.29) is 11.8 Å². The molecule has 7 heteroatoms. The first-order valence-electron chi connectivity index (χ1n) is 11.4. The number of likely N-dealkylation sites (N-methyl/N-ethyl adjacent to an activating group) is 1. The number of anilines is 1. The summed E-state index contributed by atoms with van der Waals surface area (Å²) in [5, 5.41) is 2.66. The van der Waals surface area contributed by atoms with Gasteiger partial charge in [0, 0.05) is 42.6 Å². The Bertz CT molecular complexity index is 1330. The van der Waals surface area contributed by atoms with Crippen LogP contribution < -0.4 is 15.0 Å². The van der Waals surface area contributed by atoms with Gasteiger partial charge < -0.3 is 15.0 Å². The average molecular weight is 469 g/mol. The summed E-state index contributed by atoms with van der Waals surface area (Å²) in [4.78, 5) is 36.5. The molecule has 1 aliphatic rings. The normalized spacial score (nSPS) is 13.7. The molecule has 35 heavy (non-hydrogen) atoms. The van der Waals surface area contributed by atoms with E-state index < -0.39 is 0 Å². The molecule has 3 heterocycles. The predicted molar refractivity (Wildman–Crippen MR) is 137 cm³/mol. The van der Waals surface area contributed by atoms with E-state index in [1.165, 1.54) is 0 Å². The second-order valence-electron chi connectivity index (χ2n) is 8.28. The Kier molecular flexibility index (Phi) is 7.06. The minimum atomic E-state index is -0.179. The Morgan fingerprint density at radius 2 is 1.89 bits per heavy atom. The van der Waals surface area contributed by atoms with Crippen molar-refractivity contribution in [1.82, 2.24) is 15.3 Å². The highest BCUT2D eigenvalue weighted by Gasteiger charge is 2.25. The fourth-order valence-electron chi connectivity index (χ4n) is 4.16. The number of carbonyl (C=O) groups excluding carboxylic acids is 2. The lowest BCUT2D eigenvalue weighted by Gasteiger charge is -2.23. The van der Waals surface area contributed by atoms with Crippen LogP contribution in [0.1, 0.15) is 36.3 Å². The predicted octanol–water partition coefficient (Wildman–Crippen LogP) is 4.67. The molecule has 2 amide bonds. The zero-order chi connectivity index (χ0) is 24.9. The second kappa shape index (κ2) is 10.3. The summed E-state index contributed by atoms with van der Waals surface area (Å²) in [6.07, 6.45) is 4.20. The number of fused-ring (bicyclic) bond motifs is 1. The quantitative estimate of drug-likeness (QED) is 0.550. The summed E-state index contributed by atoms with van der Waals surface area (Å²) in [5.74, 6) is 0.216. The zero-order valence-electron chi connectivity index (χ0n) is 20.3. The molecule has 0 aliphatic carbocycles. The first kappa shape index (κ1) is 23.9. The number of nitrogens with one attached hydrogen (secondary N) is 1. The molecular weight excluding hydrogens is 440 g/mol. The number of hydrogen-bond donors (Lipinski definition) is 1. The Labute approximate surface area is 205 Å². The third kappa shape index (κ3) is 4.99. The molecule has 2 aromatic heterocycles. The summed E-state index contributed by atoms with van der Waals surface area (Å²) in [7, 11) is 3.18. The molecule has 0 atom stereocenters. The third-order valence-corrected chi connectivity index (χ3v) is 6.12. The van der Waals surface area contributed by atoms with E-state index in [1.54, 1.807) is 44.3 Å². The van der Waals surface area contributed by atoms with Crippen LogP contribution in [0.4, 0.5) is 5.69 Å².